The highest BCUT2D eigenvalue weighted by molar-refractivity contribution is 7.86. The molecule has 1 saturated heterocycles. The van der Waals surface area contributed by atoms with E-state index in [1.807, 2.05) is 0 Å². The Balaban J connectivity index is 2.25. The molecule has 0 spiro atoms. The zero-order valence-electron chi connectivity index (χ0n) is 8.47. The third-order valence-corrected chi connectivity index (χ3v) is 2.47. The molecule has 0 aromatic rings. The van der Waals surface area contributed by atoms with Crippen molar-refractivity contribution < 1.29 is 17.4 Å². The fraction of sp³-hybridized carbons (Fsp3) is 0.625. The van der Waals surface area contributed by atoms with Gasteiger partial charge in [0.1, 0.15) is 6.10 Å². The number of nitrogens with zero attached hydrogens (tertiary/aromatic N) is 1. The number of hydrogen-bond donors (Lipinski definition) is 1. The molecule has 0 atom stereocenters. The first kappa shape index (κ1) is 12.0. The van der Waals surface area contributed by atoms with Gasteiger partial charge in [0.05, 0.1) is 19.3 Å². The van der Waals surface area contributed by atoms with Crippen LogP contribution in [0.1, 0.15) is 0 Å². The van der Waals surface area contributed by atoms with Crippen LogP contribution in [0.25, 0.3) is 0 Å². The molecule has 0 bridgehead atoms. The van der Waals surface area contributed by atoms with E-state index in [1.54, 1.807) is 6.08 Å². The lowest BCUT2D eigenvalue weighted by molar-refractivity contribution is 0.0499. The third-order valence-electron chi connectivity index (χ3n) is 1.84. The average Bonchev–Trinajstić information content (AvgIpc) is 2.05. The van der Waals surface area contributed by atoms with Gasteiger partial charge in [-0.15, -0.1) is 6.58 Å². The summed E-state index contributed by atoms with van der Waals surface area (Å²) in [5.74, 6) is 0. The highest BCUT2D eigenvalue weighted by atomic mass is 32.2. The second-order valence-electron chi connectivity index (χ2n) is 3.30. The van der Waals surface area contributed by atoms with Crippen molar-refractivity contribution >= 4 is 16.1 Å². The van der Waals surface area contributed by atoms with E-state index >= 15 is 0 Å². The summed E-state index contributed by atoms with van der Waals surface area (Å²) in [6.07, 6.45) is 2.16. The van der Waals surface area contributed by atoms with Gasteiger partial charge in [-0.25, -0.2) is 4.79 Å². The SMILES string of the molecule is C=CCNC(=O)N1CC(OS(C)(=O)=O)C1. The van der Waals surface area contributed by atoms with Gasteiger partial charge in [-0.05, 0) is 0 Å². The van der Waals surface area contributed by atoms with E-state index in [0.29, 0.717) is 19.6 Å². The molecule has 1 rings (SSSR count). The summed E-state index contributed by atoms with van der Waals surface area (Å²) in [6.45, 7) is 4.46. The van der Waals surface area contributed by atoms with Gasteiger partial charge in [0.2, 0.25) is 0 Å². The summed E-state index contributed by atoms with van der Waals surface area (Å²) in [5, 5.41) is 2.58. The van der Waals surface area contributed by atoms with E-state index in [4.69, 9.17) is 0 Å². The van der Waals surface area contributed by atoms with Crippen LogP contribution in [0.5, 0.6) is 0 Å². The molecule has 0 aromatic carbocycles. The van der Waals surface area contributed by atoms with Crippen LogP contribution in [-0.2, 0) is 14.3 Å². The fourth-order valence-corrected chi connectivity index (χ4v) is 1.80. The molecular formula is C8H14N2O4S. The summed E-state index contributed by atoms with van der Waals surface area (Å²) >= 11 is 0. The van der Waals surface area contributed by atoms with Crippen LogP contribution in [0, 0.1) is 0 Å². The van der Waals surface area contributed by atoms with Crippen LogP contribution in [0.4, 0.5) is 4.79 Å². The molecular weight excluding hydrogens is 220 g/mol. The summed E-state index contributed by atoms with van der Waals surface area (Å²) in [4.78, 5) is 12.7. The summed E-state index contributed by atoms with van der Waals surface area (Å²) in [7, 11) is -3.42. The van der Waals surface area contributed by atoms with Crippen LogP contribution in [0.3, 0.4) is 0 Å². The van der Waals surface area contributed by atoms with Gasteiger partial charge in [0, 0.05) is 6.54 Å². The van der Waals surface area contributed by atoms with E-state index in [1.165, 1.54) is 4.90 Å². The largest absolute Gasteiger partial charge is 0.335 e. The van der Waals surface area contributed by atoms with Crippen molar-refractivity contribution in [2.75, 3.05) is 25.9 Å². The third kappa shape index (κ3) is 3.88. The Bertz CT molecular complexity index is 346. The minimum atomic E-state index is -3.42. The first-order valence-corrected chi connectivity index (χ1v) is 6.26. The number of nitrogens with one attached hydrogen (secondary N) is 1. The molecule has 1 fully saturated rings. The Labute approximate surface area is 89.0 Å². The molecule has 1 N–H and O–H groups in total. The summed E-state index contributed by atoms with van der Waals surface area (Å²) in [6, 6.07) is -0.233. The first-order chi connectivity index (χ1) is 6.92. The number of rotatable bonds is 4. The molecule has 0 saturated carbocycles. The van der Waals surface area contributed by atoms with Crippen LogP contribution in [0.15, 0.2) is 12.7 Å². The maximum absolute atomic E-state index is 11.3. The van der Waals surface area contributed by atoms with Crippen molar-refractivity contribution in [2.45, 2.75) is 6.10 Å². The Hall–Kier alpha value is -1.08. The van der Waals surface area contributed by atoms with Crippen LogP contribution < -0.4 is 5.32 Å². The Morgan fingerprint density at radius 3 is 2.73 bits per heavy atom. The average molecular weight is 234 g/mol. The van der Waals surface area contributed by atoms with Crippen molar-refractivity contribution in [1.29, 1.82) is 0 Å². The molecule has 86 valence electrons. The summed E-state index contributed by atoms with van der Waals surface area (Å²) in [5.41, 5.74) is 0. The second kappa shape index (κ2) is 4.63. The molecule has 0 unspecified atom stereocenters. The fourth-order valence-electron chi connectivity index (χ4n) is 1.18. The van der Waals surface area contributed by atoms with E-state index in [0.717, 1.165) is 6.26 Å². The monoisotopic (exact) mass is 234 g/mol. The van der Waals surface area contributed by atoms with Gasteiger partial charge in [0.15, 0.2) is 0 Å². The highest BCUT2D eigenvalue weighted by Crippen LogP contribution is 2.13. The van der Waals surface area contributed by atoms with Gasteiger partial charge in [-0.3, -0.25) is 4.18 Å². The van der Waals surface area contributed by atoms with Crippen molar-refractivity contribution in [1.82, 2.24) is 10.2 Å². The Morgan fingerprint density at radius 1 is 1.67 bits per heavy atom. The molecule has 0 aromatic heterocycles. The number of carbonyl (C=O) groups is 1. The molecule has 0 aliphatic carbocycles. The Kier molecular flexibility index (Phi) is 3.70. The normalized spacial score (nSPS) is 17.0. The zero-order chi connectivity index (χ0) is 11.5. The van der Waals surface area contributed by atoms with Gasteiger partial charge in [-0.1, -0.05) is 6.08 Å². The van der Waals surface area contributed by atoms with Gasteiger partial charge >= 0.3 is 6.03 Å². The van der Waals surface area contributed by atoms with Crippen molar-refractivity contribution in [3.63, 3.8) is 0 Å². The number of carbonyl (C=O) groups excluding carboxylic acids is 1. The molecule has 0 radical (unpaired) electrons. The summed E-state index contributed by atoms with van der Waals surface area (Å²) < 4.78 is 26.1. The van der Waals surface area contributed by atoms with E-state index in [-0.39, 0.29) is 6.03 Å². The van der Waals surface area contributed by atoms with E-state index in [2.05, 4.69) is 16.1 Å². The van der Waals surface area contributed by atoms with Crippen molar-refractivity contribution in [3.05, 3.63) is 12.7 Å². The molecule has 2 amide bonds. The van der Waals surface area contributed by atoms with Crippen LogP contribution in [0.2, 0.25) is 0 Å². The maximum atomic E-state index is 11.3. The zero-order valence-corrected chi connectivity index (χ0v) is 9.29. The molecule has 1 aliphatic heterocycles. The first-order valence-electron chi connectivity index (χ1n) is 4.44. The lowest BCUT2D eigenvalue weighted by atomic mass is 10.2. The molecule has 1 aliphatic rings. The topological polar surface area (TPSA) is 75.7 Å². The smallest absolute Gasteiger partial charge is 0.317 e. The van der Waals surface area contributed by atoms with E-state index < -0.39 is 16.2 Å². The van der Waals surface area contributed by atoms with E-state index in [9.17, 15) is 13.2 Å². The van der Waals surface area contributed by atoms with Gasteiger partial charge in [-0.2, -0.15) is 8.42 Å². The number of hydrogen-bond acceptors (Lipinski definition) is 4. The lowest BCUT2D eigenvalue weighted by Gasteiger charge is -2.37. The predicted octanol–water partition coefficient (Wildman–Crippen LogP) is -0.458. The number of amides is 2. The molecule has 6 nitrogen and oxygen atoms in total. The lowest BCUT2D eigenvalue weighted by Crippen LogP contribution is -2.58. The molecule has 7 heteroatoms. The quantitative estimate of drug-likeness (QED) is 0.527. The van der Waals surface area contributed by atoms with Crippen LogP contribution in [-0.4, -0.2) is 51.3 Å². The molecule has 1 heterocycles. The Morgan fingerprint density at radius 2 is 2.27 bits per heavy atom. The van der Waals surface area contributed by atoms with Crippen molar-refractivity contribution in [2.24, 2.45) is 0 Å². The van der Waals surface area contributed by atoms with Gasteiger partial charge in [0.25, 0.3) is 10.1 Å². The maximum Gasteiger partial charge on any atom is 0.317 e. The number of likely N-dealkylation sites (tertiary alicyclic amines) is 1. The predicted molar refractivity (Wildman–Crippen MR) is 54.9 cm³/mol. The van der Waals surface area contributed by atoms with Gasteiger partial charge < -0.3 is 10.2 Å². The standard InChI is InChI=1S/C8H14N2O4S/c1-3-4-9-8(11)10-5-7(6-10)14-15(2,12)13/h3,7H,1,4-6H2,2H3,(H,9,11). The minimum absolute atomic E-state index is 0.233. The van der Waals surface area contributed by atoms with Crippen molar-refractivity contribution in [3.8, 4) is 0 Å². The number of urea groups is 1. The second-order valence-corrected chi connectivity index (χ2v) is 4.90. The molecule has 15 heavy (non-hydrogen) atoms. The van der Waals surface area contributed by atoms with Crippen LogP contribution >= 0.6 is 0 Å². The highest BCUT2D eigenvalue weighted by Gasteiger charge is 2.33. The minimum Gasteiger partial charge on any atom is -0.335 e.